The molecule has 0 aromatic carbocycles. The van der Waals surface area contributed by atoms with E-state index in [2.05, 4.69) is 6.08 Å². The molecule has 0 aromatic heterocycles. The predicted octanol–water partition coefficient (Wildman–Crippen LogP) is 2.21. The molecule has 0 rings (SSSR count). The molecule has 0 aliphatic heterocycles. The van der Waals surface area contributed by atoms with Crippen LogP contribution in [-0.4, -0.2) is 11.1 Å². The maximum absolute atomic E-state index is 10.1. The van der Waals surface area contributed by atoms with Crippen LogP contribution in [0.1, 0.15) is 33.1 Å². The molecule has 0 heterocycles. The van der Waals surface area contributed by atoms with Crippen molar-refractivity contribution in [3.05, 3.63) is 11.6 Å². The molecule has 0 radical (unpaired) electrons. The molecule has 10 heavy (non-hydrogen) atoms. The normalized spacial score (nSPS) is 11.6. The Morgan fingerprint density at radius 2 is 2.10 bits per heavy atom. The van der Waals surface area contributed by atoms with Gasteiger partial charge in [-0.1, -0.05) is 18.6 Å². The summed E-state index contributed by atoms with van der Waals surface area (Å²) in [6, 6.07) is 0. The molecule has 0 aliphatic rings. The van der Waals surface area contributed by atoms with Crippen LogP contribution in [0.15, 0.2) is 11.6 Å². The van der Waals surface area contributed by atoms with Crippen LogP contribution in [0.3, 0.4) is 0 Å². The molecule has 0 aromatic rings. The van der Waals surface area contributed by atoms with E-state index in [1.807, 2.05) is 13.8 Å². The summed E-state index contributed by atoms with van der Waals surface area (Å²) in [5.41, 5.74) is 1.17. The fourth-order valence-electron chi connectivity index (χ4n) is 0.755. The van der Waals surface area contributed by atoms with E-state index in [4.69, 9.17) is 5.11 Å². The fraction of sp³-hybridized carbons (Fsp3) is 0.625. The van der Waals surface area contributed by atoms with Crippen LogP contribution in [0.5, 0.6) is 0 Å². The Balaban J connectivity index is 3.48. The lowest BCUT2D eigenvalue weighted by Crippen LogP contribution is -1.93. The zero-order valence-corrected chi connectivity index (χ0v) is 6.55. The van der Waals surface area contributed by atoms with Crippen molar-refractivity contribution in [2.75, 3.05) is 0 Å². The van der Waals surface area contributed by atoms with E-state index < -0.39 is 5.97 Å². The predicted molar refractivity (Wildman–Crippen MR) is 40.9 cm³/mol. The molecule has 0 saturated carbocycles. The number of carbonyl (C=O) groups is 1. The van der Waals surface area contributed by atoms with Gasteiger partial charge in [-0.2, -0.15) is 0 Å². The lowest BCUT2D eigenvalue weighted by atomic mass is 10.1. The van der Waals surface area contributed by atoms with E-state index in [0.717, 1.165) is 6.42 Å². The Kier molecular flexibility index (Phi) is 4.63. The number of allylic oxidation sites excluding steroid dienone is 2. The summed E-state index contributed by atoms with van der Waals surface area (Å²) in [6.45, 7) is 4.01. The quantitative estimate of drug-likeness (QED) is 0.611. The summed E-state index contributed by atoms with van der Waals surface area (Å²) >= 11 is 0. The van der Waals surface area contributed by atoms with E-state index in [0.29, 0.717) is 6.42 Å². The van der Waals surface area contributed by atoms with Crippen molar-refractivity contribution in [2.24, 2.45) is 0 Å². The Labute approximate surface area is 61.6 Å². The summed E-state index contributed by atoms with van der Waals surface area (Å²) in [5, 5.41) is 8.30. The summed E-state index contributed by atoms with van der Waals surface area (Å²) in [4.78, 5) is 10.1. The van der Waals surface area contributed by atoms with E-state index in [1.165, 1.54) is 5.57 Å². The second-order valence-corrected chi connectivity index (χ2v) is 2.35. The third-order valence-electron chi connectivity index (χ3n) is 1.29. The number of hydrogen-bond acceptors (Lipinski definition) is 1. The van der Waals surface area contributed by atoms with Crippen molar-refractivity contribution in [1.82, 2.24) is 0 Å². The van der Waals surface area contributed by atoms with Crippen LogP contribution >= 0.6 is 0 Å². The van der Waals surface area contributed by atoms with Gasteiger partial charge in [0.25, 0.3) is 0 Å². The Bertz CT molecular complexity index is 136. The lowest BCUT2D eigenvalue weighted by Gasteiger charge is -1.95. The minimum Gasteiger partial charge on any atom is -0.481 e. The standard InChI is InChI=1S/C8H14O2/c1-3-4-7(2)5-6-8(9)10/h4H,3,5-6H2,1-2H3,(H,9,10)/b7-4+. The molecule has 2 heteroatoms. The van der Waals surface area contributed by atoms with Gasteiger partial charge in [-0.15, -0.1) is 0 Å². The van der Waals surface area contributed by atoms with Gasteiger partial charge < -0.3 is 5.11 Å². The molecular weight excluding hydrogens is 128 g/mol. The second kappa shape index (κ2) is 5.03. The number of carboxylic acids is 1. The molecule has 0 bridgehead atoms. The van der Waals surface area contributed by atoms with Crippen molar-refractivity contribution in [3.8, 4) is 0 Å². The first-order valence-electron chi connectivity index (χ1n) is 3.54. The van der Waals surface area contributed by atoms with Crippen LogP contribution in [0, 0.1) is 0 Å². The van der Waals surface area contributed by atoms with Crippen molar-refractivity contribution in [2.45, 2.75) is 33.1 Å². The topological polar surface area (TPSA) is 37.3 Å². The van der Waals surface area contributed by atoms with Gasteiger partial charge in [-0.25, -0.2) is 0 Å². The molecule has 0 spiro atoms. The monoisotopic (exact) mass is 142 g/mol. The molecule has 1 N–H and O–H groups in total. The second-order valence-electron chi connectivity index (χ2n) is 2.35. The smallest absolute Gasteiger partial charge is 0.303 e. The van der Waals surface area contributed by atoms with Gasteiger partial charge in [0.05, 0.1) is 0 Å². The van der Waals surface area contributed by atoms with Crippen LogP contribution in [-0.2, 0) is 4.79 Å². The minimum atomic E-state index is -0.719. The average Bonchev–Trinajstić information content (AvgIpc) is 1.85. The van der Waals surface area contributed by atoms with E-state index >= 15 is 0 Å². The highest BCUT2D eigenvalue weighted by Gasteiger charge is 1.95. The summed E-state index contributed by atoms with van der Waals surface area (Å²) in [6.07, 6.45) is 3.99. The summed E-state index contributed by atoms with van der Waals surface area (Å²) in [7, 11) is 0. The van der Waals surface area contributed by atoms with Crippen LogP contribution in [0.2, 0.25) is 0 Å². The number of rotatable bonds is 4. The van der Waals surface area contributed by atoms with Gasteiger partial charge in [0.1, 0.15) is 0 Å². The van der Waals surface area contributed by atoms with Crippen LogP contribution in [0.25, 0.3) is 0 Å². The number of aliphatic carboxylic acids is 1. The summed E-state index contributed by atoms with van der Waals surface area (Å²) < 4.78 is 0. The SMILES string of the molecule is CC/C=C(\C)CCC(=O)O. The maximum Gasteiger partial charge on any atom is 0.303 e. The minimum absolute atomic E-state index is 0.252. The Morgan fingerprint density at radius 3 is 2.50 bits per heavy atom. The van der Waals surface area contributed by atoms with Gasteiger partial charge in [0.15, 0.2) is 0 Å². The third kappa shape index (κ3) is 5.35. The lowest BCUT2D eigenvalue weighted by molar-refractivity contribution is -0.136. The van der Waals surface area contributed by atoms with Crippen molar-refractivity contribution in [1.29, 1.82) is 0 Å². The fourth-order valence-corrected chi connectivity index (χ4v) is 0.755. The highest BCUT2D eigenvalue weighted by atomic mass is 16.4. The van der Waals surface area contributed by atoms with E-state index in [1.54, 1.807) is 0 Å². The maximum atomic E-state index is 10.1. The van der Waals surface area contributed by atoms with Gasteiger partial charge >= 0.3 is 5.97 Å². The largest absolute Gasteiger partial charge is 0.481 e. The van der Waals surface area contributed by atoms with Gasteiger partial charge in [0.2, 0.25) is 0 Å². The first-order chi connectivity index (χ1) is 4.66. The number of hydrogen-bond donors (Lipinski definition) is 1. The molecule has 0 fully saturated rings. The molecule has 0 saturated heterocycles. The zero-order valence-electron chi connectivity index (χ0n) is 6.55. The molecule has 58 valence electrons. The van der Waals surface area contributed by atoms with Crippen molar-refractivity contribution >= 4 is 5.97 Å². The summed E-state index contributed by atoms with van der Waals surface area (Å²) in [5.74, 6) is -0.719. The molecule has 2 nitrogen and oxygen atoms in total. The van der Waals surface area contributed by atoms with Gasteiger partial charge in [-0.05, 0) is 19.8 Å². The van der Waals surface area contributed by atoms with Crippen molar-refractivity contribution < 1.29 is 9.90 Å². The highest BCUT2D eigenvalue weighted by molar-refractivity contribution is 5.66. The first-order valence-corrected chi connectivity index (χ1v) is 3.54. The molecule has 0 unspecified atom stereocenters. The molecule has 0 amide bonds. The zero-order chi connectivity index (χ0) is 7.98. The van der Waals surface area contributed by atoms with E-state index in [-0.39, 0.29) is 6.42 Å². The van der Waals surface area contributed by atoms with Crippen molar-refractivity contribution in [3.63, 3.8) is 0 Å². The van der Waals surface area contributed by atoms with Gasteiger partial charge in [-0.3, -0.25) is 4.79 Å². The highest BCUT2D eigenvalue weighted by Crippen LogP contribution is 2.03. The molecule has 0 aliphatic carbocycles. The van der Waals surface area contributed by atoms with Crippen LogP contribution in [0.4, 0.5) is 0 Å². The third-order valence-corrected chi connectivity index (χ3v) is 1.29. The Morgan fingerprint density at radius 1 is 1.50 bits per heavy atom. The van der Waals surface area contributed by atoms with Gasteiger partial charge in [0, 0.05) is 6.42 Å². The average molecular weight is 142 g/mol. The first kappa shape index (κ1) is 9.21. The van der Waals surface area contributed by atoms with E-state index in [9.17, 15) is 4.79 Å². The molecule has 0 atom stereocenters. The Hall–Kier alpha value is -0.790. The number of carboxylic acid groups (broad SMARTS) is 1. The molecular formula is C8H14O2. The van der Waals surface area contributed by atoms with Crippen LogP contribution < -0.4 is 0 Å².